The van der Waals surface area contributed by atoms with Crippen LogP contribution in [-0.2, 0) is 4.74 Å². The fourth-order valence-corrected chi connectivity index (χ4v) is 3.74. The van der Waals surface area contributed by atoms with Crippen LogP contribution in [0.15, 0.2) is 24.3 Å². The van der Waals surface area contributed by atoms with Crippen molar-refractivity contribution in [1.82, 2.24) is 15.1 Å². The molecule has 1 aromatic rings. The van der Waals surface area contributed by atoms with Gasteiger partial charge in [-0.15, -0.1) is 0 Å². The monoisotopic (exact) mass is 373 g/mol. The summed E-state index contributed by atoms with van der Waals surface area (Å²) >= 11 is 0. The molecule has 3 amide bonds. The van der Waals surface area contributed by atoms with Gasteiger partial charge in [0.1, 0.15) is 0 Å². The number of carbonyl (C=O) groups is 2. The molecular weight excluding hydrogens is 342 g/mol. The number of nitrogens with one attached hydrogen (secondary N) is 1. The number of aryl methyl sites for hydroxylation is 1. The van der Waals surface area contributed by atoms with Gasteiger partial charge in [-0.2, -0.15) is 0 Å². The number of hydrogen-bond acceptors (Lipinski definition) is 3. The molecular formula is C21H31N3O3. The van der Waals surface area contributed by atoms with E-state index in [2.05, 4.69) is 19.2 Å². The molecule has 2 saturated heterocycles. The van der Waals surface area contributed by atoms with Crippen LogP contribution in [0, 0.1) is 12.3 Å². The Balaban J connectivity index is 1.41. The smallest absolute Gasteiger partial charge is 0.317 e. The van der Waals surface area contributed by atoms with Gasteiger partial charge < -0.3 is 19.9 Å². The van der Waals surface area contributed by atoms with Crippen LogP contribution in [0.1, 0.15) is 42.6 Å². The second-order valence-electron chi connectivity index (χ2n) is 8.26. The van der Waals surface area contributed by atoms with Crippen molar-refractivity contribution in [2.45, 2.75) is 39.7 Å². The Morgan fingerprint density at radius 1 is 1.11 bits per heavy atom. The van der Waals surface area contributed by atoms with Gasteiger partial charge >= 0.3 is 6.03 Å². The molecule has 2 heterocycles. The molecule has 0 bridgehead atoms. The predicted octanol–water partition coefficient (Wildman–Crippen LogP) is 2.67. The van der Waals surface area contributed by atoms with Gasteiger partial charge in [0.05, 0.1) is 6.10 Å². The number of benzene rings is 1. The highest BCUT2D eigenvalue weighted by Gasteiger charge is 2.35. The summed E-state index contributed by atoms with van der Waals surface area (Å²) in [4.78, 5) is 28.6. The third-order valence-electron chi connectivity index (χ3n) is 5.77. The quantitative estimate of drug-likeness (QED) is 0.883. The Morgan fingerprint density at radius 2 is 1.74 bits per heavy atom. The van der Waals surface area contributed by atoms with Crippen molar-refractivity contribution in [3.8, 4) is 0 Å². The summed E-state index contributed by atoms with van der Waals surface area (Å²) in [7, 11) is 0. The maximum Gasteiger partial charge on any atom is 0.317 e. The number of carbonyl (C=O) groups excluding carboxylic acids is 2. The zero-order valence-electron chi connectivity index (χ0n) is 16.7. The first-order valence-corrected chi connectivity index (χ1v) is 9.87. The fourth-order valence-electron chi connectivity index (χ4n) is 3.74. The molecule has 0 aromatic heterocycles. The molecule has 27 heavy (non-hydrogen) atoms. The van der Waals surface area contributed by atoms with Crippen molar-refractivity contribution < 1.29 is 14.3 Å². The average molecular weight is 373 g/mol. The van der Waals surface area contributed by atoms with E-state index in [1.807, 2.05) is 36.1 Å². The molecule has 1 aromatic carbocycles. The highest BCUT2D eigenvalue weighted by atomic mass is 16.5. The SMILES string of the molecule is Cc1ccc(C(=O)N2CCN(C(=O)NCCC3OCCC3(C)C)CC2)cc1. The minimum absolute atomic E-state index is 0.0377. The first-order valence-electron chi connectivity index (χ1n) is 9.87. The molecule has 1 atom stereocenters. The van der Waals surface area contributed by atoms with E-state index < -0.39 is 0 Å². The Hall–Kier alpha value is -2.08. The number of nitrogens with zero attached hydrogens (tertiary/aromatic N) is 2. The fraction of sp³-hybridized carbons (Fsp3) is 0.619. The van der Waals surface area contributed by atoms with E-state index in [0.29, 0.717) is 38.3 Å². The lowest BCUT2D eigenvalue weighted by atomic mass is 9.84. The van der Waals surface area contributed by atoms with Gasteiger partial charge in [0.25, 0.3) is 5.91 Å². The Bertz CT molecular complexity index is 664. The van der Waals surface area contributed by atoms with Crippen molar-refractivity contribution in [2.75, 3.05) is 39.3 Å². The summed E-state index contributed by atoms with van der Waals surface area (Å²) in [5.41, 5.74) is 2.03. The van der Waals surface area contributed by atoms with Gasteiger partial charge in [-0.1, -0.05) is 31.5 Å². The molecule has 1 N–H and O–H groups in total. The minimum atomic E-state index is -0.0479. The lowest BCUT2D eigenvalue weighted by Crippen LogP contribution is -2.53. The van der Waals surface area contributed by atoms with E-state index in [4.69, 9.17) is 4.74 Å². The molecule has 6 nitrogen and oxygen atoms in total. The normalized spacial score (nSPS) is 22.0. The number of hydrogen-bond donors (Lipinski definition) is 1. The molecule has 2 fully saturated rings. The molecule has 6 heteroatoms. The molecule has 0 saturated carbocycles. The van der Waals surface area contributed by atoms with E-state index in [9.17, 15) is 9.59 Å². The Labute approximate surface area is 161 Å². The first kappa shape index (κ1) is 19.7. The second kappa shape index (κ2) is 8.30. The first-order chi connectivity index (χ1) is 12.9. The Morgan fingerprint density at radius 3 is 2.33 bits per heavy atom. The van der Waals surface area contributed by atoms with Gasteiger partial charge in [0, 0.05) is 44.9 Å². The lowest BCUT2D eigenvalue weighted by Gasteiger charge is -2.35. The highest BCUT2D eigenvalue weighted by Crippen LogP contribution is 2.35. The molecule has 0 aliphatic carbocycles. The van der Waals surface area contributed by atoms with Crippen LogP contribution in [-0.4, -0.2) is 67.2 Å². The summed E-state index contributed by atoms with van der Waals surface area (Å²) in [6, 6.07) is 7.58. The van der Waals surface area contributed by atoms with E-state index in [-0.39, 0.29) is 23.5 Å². The third kappa shape index (κ3) is 4.80. The number of urea groups is 1. The summed E-state index contributed by atoms with van der Waals surface area (Å²) in [6.07, 6.45) is 2.12. The lowest BCUT2D eigenvalue weighted by molar-refractivity contribution is 0.0566. The van der Waals surface area contributed by atoms with Crippen molar-refractivity contribution in [1.29, 1.82) is 0 Å². The third-order valence-corrected chi connectivity index (χ3v) is 5.77. The average Bonchev–Trinajstić information content (AvgIpc) is 3.00. The number of piperazine rings is 1. The molecule has 0 radical (unpaired) electrons. The van der Waals surface area contributed by atoms with Gasteiger partial charge in [0.15, 0.2) is 0 Å². The molecule has 2 aliphatic rings. The van der Waals surface area contributed by atoms with Crippen LogP contribution in [0.5, 0.6) is 0 Å². The van der Waals surface area contributed by atoms with Crippen LogP contribution < -0.4 is 5.32 Å². The summed E-state index contributed by atoms with van der Waals surface area (Å²) < 4.78 is 5.78. The van der Waals surface area contributed by atoms with Gasteiger partial charge in [-0.05, 0) is 37.3 Å². The maximum atomic E-state index is 12.6. The van der Waals surface area contributed by atoms with Crippen LogP contribution >= 0.6 is 0 Å². The predicted molar refractivity (Wildman–Crippen MR) is 105 cm³/mol. The molecule has 0 spiro atoms. The topological polar surface area (TPSA) is 61.9 Å². The minimum Gasteiger partial charge on any atom is -0.378 e. The number of amides is 3. The van der Waals surface area contributed by atoms with Crippen LogP contribution in [0.25, 0.3) is 0 Å². The van der Waals surface area contributed by atoms with Crippen LogP contribution in [0.2, 0.25) is 0 Å². The standard InChI is InChI=1S/C21H31N3O3/c1-16-4-6-17(7-5-16)19(25)23-11-13-24(14-12-23)20(26)22-10-8-18-21(2,3)9-15-27-18/h4-7,18H,8-15H2,1-3H3,(H,22,26). The van der Waals surface area contributed by atoms with Crippen molar-refractivity contribution >= 4 is 11.9 Å². The second-order valence-corrected chi connectivity index (χ2v) is 8.26. The van der Waals surface area contributed by atoms with Crippen molar-refractivity contribution in [3.05, 3.63) is 35.4 Å². The molecule has 2 aliphatic heterocycles. The van der Waals surface area contributed by atoms with Crippen LogP contribution in [0.4, 0.5) is 4.79 Å². The Kier molecular flexibility index (Phi) is 6.05. The summed E-state index contributed by atoms with van der Waals surface area (Å²) in [5, 5.41) is 3.00. The van der Waals surface area contributed by atoms with Gasteiger partial charge in [-0.3, -0.25) is 4.79 Å². The van der Waals surface area contributed by atoms with E-state index in [1.54, 1.807) is 4.90 Å². The van der Waals surface area contributed by atoms with Gasteiger partial charge in [0.2, 0.25) is 0 Å². The summed E-state index contributed by atoms with van der Waals surface area (Å²) in [5.74, 6) is 0.0377. The van der Waals surface area contributed by atoms with Gasteiger partial charge in [-0.25, -0.2) is 4.79 Å². The maximum absolute atomic E-state index is 12.6. The molecule has 148 valence electrons. The van der Waals surface area contributed by atoms with Crippen molar-refractivity contribution in [3.63, 3.8) is 0 Å². The van der Waals surface area contributed by atoms with E-state index in [0.717, 1.165) is 25.0 Å². The largest absolute Gasteiger partial charge is 0.378 e. The zero-order valence-corrected chi connectivity index (χ0v) is 16.7. The van der Waals surface area contributed by atoms with Crippen molar-refractivity contribution in [2.24, 2.45) is 5.41 Å². The number of rotatable bonds is 4. The summed E-state index contributed by atoms with van der Waals surface area (Å²) in [6.45, 7) is 10.1. The van der Waals surface area contributed by atoms with E-state index >= 15 is 0 Å². The van der Waals surface area contributed by atoms with Crippen LogP contribution in [0.3, 0.4) is 0 Å². The number of ether oxygens (including phenoxy) is 1. The zero-order chi connectivity index (χ0) is 19.4. The molecule has 1 unspecified atom stereocenters. The highest BCUT2D eigenvalue weighted by molar-refractivity contribution is 5.94. The van der Waals surface area contributed by atoms with E-state index in [1.165, 1.54) is 0 Å². The molecule has 3 rings (SSSR count).